The summed E-state index contributed by atoms with van der Waals surface area (Å²) in [4.78, 5) is 33.3. The minimum absolute atomic E-state index is 0.203. The van der Waals surface area contributed by atoms with Crippen molar-refractivity contribution < 1.29 is 19.5 Å². The Balaban J connectivity index is 2.56. The molecular formula is C14H14N2O4. The van der Waals surface area contributed by atoms with E-state index in [2.05, 4.69) is 16.6 Å². The zero-order valence-corrected chi connectivity index (χ0v) is 10.7. The lowest BCUT2D eigenvalue weighted by Gasteiger charge is -2.06. The lowest BCUT2D eigenvalue weighted by Crippen LogP contribution is -2.29. The first kappa shape index (κ1) is 15.2. The van der Waals surface area contributed by atoms with Crippen molar-refractivity contribution in [3.8, 4) is 12.3 Å². The highest BCUT2D eigenvalue weighted by Crippen LogP contribution is 2.10. The minimum Gasteiger partial charge on any atom is -0.480 e. The molecule has 0 aliphatic rings. The maximum atomic E-state index is 11.5. The van der Waals surface area contributed by atoms with Crippen molar-refractivity contribution in [2.45, 2.75) is 12.8 Å². The lowest BCUT2D eigenvalue weighted by atomic mass is 10.2. The number of hydrogen-bond acceptors (Lipinski definition) is 3. The summed E-state index contributed by atoms with van der Waals surface area (Å²) in [5.41, 5.74) is 0.856. The molecule has 0 radical (unpaired) electrons. The average molecular weight is 274 g/mol. The van der Waals surface area contributed by atoms with E-state index in [1.165, 1.54) is 12.1 Å². The summed E-state index contributed by atoms with van der Waals surface area (Å²) in [7, 11) is 0. The quantitative estimate of drug-likeness (QED) is 0.670. The van der Waals surface area contributed by atoms with Crippen molar-refractivity contribution in [3.63, 3.8) is 0 Å². The fourth-order valence-electron chi connectivity index (χ4n) is 1.37. The van der Waals surface area contributed by atoms with Crippen LogP contribution in [0.15, 0.2) is 24.3 Å². The van der Waals surface area contributed by atoms with Crippen LogP contribution in [0.5, 0.6) is 0 Å². The summed E-state index contributed by atoms with van der Waals surface area (Å²) in [5.74, 6) is 0.564. The monoisotopic (exact) mass is 274 g/mol. The van der Waals surface area contributed by atoms with Crippen LogP contribution in [-0.4, -0.2) is 29.4 Å². The molecule has 0 aliphatic carbocycles. The van der Waals surface area contributed by atoms with E-state index in [1.807, 2.05) is 0 Å². The van der Waals surface area contributed by atoms with Gasteiger partial charge in [-0.1, -0.05) is 0 Å². The van der Waals surface area contributed by atoms with E-state index in [9.17, 15) is 14.4 Å². The second kappa shape index (κ2) is 7.59. The van der Waals surface area contributed by atoms with Crippen molar-refractivity contribution >= 4 is 23.5 Å². The van der Waals surface area contributed by atoms with E-state index in [0.717, 1.165) is 0 Å². The molecule has 6 nitrogen and oxygen atoms in total. The number of amides is 2. The number of terminal acetylenes is 1. The number of nitrogens with one attached hydrogen (secondary N) is 2. The number of rotatable bonds is 6. The van der Waals surface area contributed by atoms with Gasteiger partial charge in [-0.25, -0.2) is 0 Å². The van der Waals surface area contributed by atoms with Gasteiger partial charge in [0.1, 0.15) is 6.54 Å². The van der Waals surface area contributed by atoms with Crippen molar-refractivity contribution in [1.29, 1.82) is 0 Å². The first-order valence-electron chi connectivity index (χ1n) is 5.86. The zero-order valence-electron chi connectivity index (χ0n) is 10.7. The van der Waals surface area contributed by atoms with Crippen molar-refractivity contribution in [2.24, 2.45) is 0 Å². The van der Waals surface area contributed by atoms with Crippen molar-refractivity contribution in [3.05, 3.63) is 29.8 Å². The van der Waals surface area contributed by atoms with Crippen LogP contribution >= 0.6 is 0 Å². The Morgan fingerprint density at radius 3 is 2.40 bits per heavy atom. The Morgan fingerprint density at radius 2 is 1.85 bits per heavy atom. The molecule has 0 unspecified atom stereocenters. The topological polar surface area (TPSA) is 95.5 Å². The number of carboxylic acids is 1. The van der Waals surface area contributed by atoms with Crippen LogP contribution in [0.25, 0.3) is 0 Å². The van der Waals surface area contributed by atoms with Gasteiger partial charge in [0.2, 0.25) is 5.91 Å². The Labute approximate surface area is 116 Å². The summed E-state index contributed by atoms with van der Waals surface area (Å²) in [6.07, 6.45) is 5.65. The Hall–Kier alpha value is -2.81. The van der Waals surface area contributed by atoms with E-state index in [0.29, 0.717) is 17.7 Å². The summed E-state index contributed by atoms with van der Waals surface area (Å²) in [6, 6.07) is 6.11. The van der Waals surface area contributed by atoms with E-state index in [1.54, 1.807) is 12.1 Å². The molecule has 0 heterocycles. The van der Waals surface area contributed by atoms with Gasteiger partial charge in [-0.2, -0.15) is 0 Å². The van der Waals surface area contributed by atoms with Crippen LogP contribution in [-0.2, 0) is 9.59 Å². The van der Waals surface area contributed by atoms with Gasteiger partial charge in [-0.15, -0.1) is 12.3 Å². The van der Waals surface area contributed by atoms with Crippen LogP contribution in [0, 0.1) is 12.3 Å². The molecule has 1 aromatic carbocycles. The number of carbonyl (C=O) groups excluding carboxylic acids is 2. The highest BCUT2D eigenvalue weighted by atomic mass is 16.4. The van der Waals surface area contributed by atoms with Gasteiger partial charge >= 0.3 is 5.97 Å². The molecule has 0 spiro atoms. The van der Waals surface area contributed by atoms with Gasteiger partial charge in [-0.3, -0.25) is 14.4 Å². The Kier molecular flexibility index (Phi) is 5.78. The molecule has 0 aliphatic heterocycles. The van der Waals surface area contributed by atoms with Crippen LogP contribution < -0.4 is 10.6 Å². The second-order valence-corrected chi connectivity index (χ2v) is 3.91. The maximum absolute atomic E-state index is 11.5. The predicted molar refractivity (Wildman–Crippen MR) is 73.1 cm³/mol. The number of carbonyl (C=O) groups is 3. The number of benzene rings is 1. The highest BCUT2D eigenvalue weighted by Gasteiger charge is 2.07. The molecule has 0 saturated carbocycles. The molecule has 3 N–H and O–H groups in total. The number of hydrogen-bond donors (Lipinski definition) is 3. The van der Waals surface area contributed by atoms with Crippen LogP contribution in [0.3, 0.4) is 0 Å². The number of carboxylic acid groups (broad SMARTS) is 1. The smallest absolute Gasteiger partial charge is 0.322 e. The molecule has 0 saturated heterocycles. The third kappa shape index (κ3) is 5.23. The molecular weight excluding hydrogens is 260 g/mol. The molecule has 1 aromatic rings. The Bertz CT molecular complexity index is 543. The summed E-state index contributed by atoms with van der Waals surface area (Å²) in [6.45, 7) is -0.441. The second-order valence-electron chi connectivity index (χ2n) is 3.91. The molecule has 2 amide bonds. The molecule has 0 aromatic heterocycles. The van der Waals surface area contributed by atoms with Crippen molar-refractivity contribution in [1.82, 2.24) is 5.32 Å². The largest absolute Gasteiger partial charge is 0.480 e. The average Bonchev–Trinajstić information content (AvgIpc) is 2.43. The van der Waals surface area contributed by atoms with Crippen molar-refractivity contribution in [2.75, 3.05) is 11.9 Å². The van der Waals surface area contributed by atoms with E-state index < -0.39 is 18.4 Å². The van der Waals surface area contributed by atoms with E-state index in [-0.39, 0.29) is 12.3 Å². The third-order valence-electron chi connectivity index (χ3n) is 2.33. The van der Waals surface area contributed by atoms with Crippen LogP contribution in [0.1, 0.15) is 23.2 Å². The molecule has 1 rings (SSSR count). The normalized spacial score (nSPS) is 9.35. The predicted octanol–water partition coefficient (Wildman–Crippen LogP) is 0.853. The fourth-order valence-corrected chi connectivity index (χ4v) is 1.37. The fraction of sp³-hybridized carbons (Fsp3) is 0.214. The maximum Gasteiger partial charge on any atom is 0.322 e. The van der Waals surface area contributed by atoms with E-state index >= 15 is 0 Å². The number of anilines is 1. The lowest BCUT2D eigenvalue weighted by molar-refractivity contribution is -0.135. The number of aliphatic carboxylic acids is 1. The SMILES string of the molecule is C#CCCC(=O)Nc1ccc(C(=O)NCC(=O)O)cc1. The molecule has 0 atom stereocenters. The minimum atomic E-state index is -1.12. The van der Waals surface area contributed by atoms with Gasteiger partial charge in [-0.05, 0) is 24.3 Å². The summed E-state index contributed by atoms with van der Waals surface area (Å²) >= 11 is 0. The van der Waals surface area contributed by atoms with Gasteiger partial charge < -0.3 is 15.7 Å². The van der Waals surface area contributed by atoms with Gasteiger partial charge in [0, 0.05) is 24.1 Å². The molecule has 20 heavy (non-hydrogen) atoms. The first-order chi connectivity index (χ1) is 9.52. The molecule has 0 fully saturated rings. The highest BCUT2D eigenvalue weighted by molar-refractivity contribution is 5.97. The van der Waals surface area contributed by atoms with Crippen LogP contribution in [0.2, 0.25) is 0 Å². The summed E-state index contributed by atoms with van der Waals surface area (Å²) in [5, 5.41) is 13.3. The summed E-state index contributed by atoms with van der Waals surface area (Å²) < 4.78 is 0. The Morgan fingerprint density at radius 1 is 1.20 bits per heavy atom. The first-order valence-corrected chi connectivity index (χ1v) is 5.86. The standard InChI is InChI=1S/C14H14N2O4/c1-2-3-4-12(17)16-11-7-5-10(6-8-11)14(20)15-9-13(18)19/h1,5-8H,3-4,9H2,(H,15,20)(H,16,17)(H,18,19). The van der Waals surface area contributed by atoms with Crippen LogP contribution in [0.4, 0.5) is 5.69 Å². The van der Waals surface area contributed by atoms with E-state index in [4.69, 9.17) is 11.5 Å². The van der Waals surface area contributed by atoms with Gasteiger partial charge in [0.05, 0.1) is 0 Å². The zero-order chi connectivity index (χ0) is 15.0. The molecule has 0 bridgehead atoms. The van der Waals surface area contributed by atoms with Gasteiger partial charge in [0.25, 0.3) is 5.91 Å². The third-order valence-corrected chi connectivity index (χ3v) is 2.33. The molecule has 104 valence electrons. The van der Waals surface area contributed by atoms with Gasteiger partial charge in [0.15, 0.2) is 0 Å². The molecule has 6 heteroatoms.